The molecule has 108 valence electrons. The minimum absolute atomic E-state index is 0.163. The monoisotopic (exact) mass is 270 g/mol. The summed E-state index contributed by atoms with van der Waals surface area (Å²) in [5.74, 6) is 0.498. The summed E-state index contributed by atoms with van der Waals surface area (Å²) < 4.78 is 0. The van der Waals surface area contributed by atoms with Crippen molar-refractivity contribution in [1.29, 1.82) is 0 Å². The molecule has 0 saturated carbocycles. The third-order valence-electron chi connectivity index (χ3n) is 3.86. The number of rotatable bonds is 3. The zero-order valence-electron chi connectivity index (χ0n) is 13.3. The van der Waals surface area contributed by atoms with Gasteiger partial charge in [0.1, 0.15) is 0 Å². The van der Waals surface area contributed by atoms with E-state index >= 15 is 0 Å². The molecule has 1 heterocycles. The molecule has 1 aromatic carbocycles. The van der Waals surface area contributed by atoms with E-state index < -0.39 is 0 Å². The SMILES string of the molecule is Cc1cc(CC(C)CN)c2cc(C(C)(C)C)ccc2n1. The lowest BCUT2D eigenvalue weighted by Gasteiger charge is -2.20. The molecule has 0 amide bonds. The van der Waals surface area contributed by atoms with Crippen LogP contribution in [0.1, 0.15) is 44.5 Å². The fourth-order valence-electron chi connectivity index (χ4n) is 2.54. The summed E-state index contributed by atoms with van der Waals surface area (Å²) in [6, 6.07) is 8.87. The Kier molecular flexibility index (Phi) is 4.14. The quantitative estimate of drug-likeness (QED) is 0.916. The minimum atomic E-state index is 0.163. The van der Waals surface area contributed by atoms with Gasteiger partial charge in [0.15, 0.2) is 0 Å². The van der Waals surface area contributed by atoms with Crippen LogP contribution < -0.4 is 5.73 Å². The smallest absolute Gasteiger partial charge is 0.0708 e. The zero-order chi connectivity index (χ0) is 14.9. The summed E-state index contributed by atoms with van der Waals surface area (Å²) in [6.45, 7) is 11.7. The fourth-order valence-corrected chi connectivity index (χ4v) is 2.54. The van der Waals surface area contributed by atoms with Crippen LogP contribution in [0.2, 0.25) is 0 Å². The van der Waals surface area contributed by atoms with Crippen molar-refractivity contribution in [1.82, 2.24) is 4.98 Å². The summed E-state index contributed by atoms with van der Waals surface area (Å²) in [5.41, 5.74) is 10.9. The van der Waals surface area contributed by atoms with Crippen LogP contribution in [0.5, 0.6) is 0 Å². The second kappa shape index (κ2) is 5.53. The maximum absolute atomic E-state index is 5.79. The van der Waals surface area contributed by atoms with Crippen molar-refractivity contribution in [3.8, 4) is 0 Å². The highest BCUT2D eigenvalue weighted by Gasteiger charge is 2.15. The number of benzene rings is 1. The van der Waals surface area contributed by atoms with Gasteiger partial charge in [-0.15, -0.1) is 0 Å². The summed E-state index contributed by atoms with van der Waals surface area (Å²) in [5, 5.41) is 1.28. The zero-order valence-corrected chi connectivity index (χ0v) is 13.3. The average Bonchev–Trinajstić information content (AvgIpc) is 2.36. The van der Waals surface area contributed by atoms with E-state index in [0.717, 1.165) is 24.2 Å². The lowest BCUT2D eigenvalue weighted by molar-refractivity contribution is 0.589. The molecule has 0 saturated heterocycles. The molecule has 0 spiro atoms. The molecule has 20 heavy (non-hydrogen) atoms. The third kappa shape index (κ3) is 3.18. The first-order valence-corrected chi connectivity index (χ1v) is 7.42. The lowest BCUT2D eigenvalue weighted by Crippen LogP contribution is -2.14. The Bertz CT molecular complexity index is 609. The van der Waals surface area contributed by atoms with Crippen LogP contribution in [-0.4, -0.2) is 11.5 Å². The number of nitrogens with two attached hydrogens (primary N) is 1. The van der Waals surface area contributed by atoms with Gasteiger partial charge in [0.05, 0.1) is 5.52 Å². The van der Waals surface area contributed by atoms with Crippen molar-refractivity contribution < 1.29 is 0 Å². The Morgan fingerprint density at radius 1 is 1.20 bits per heavy atom. The number of pyridine rings is 1. The highest BCUT2D eigenvalue weighted by atomic mass is 14.7. The molecule has 2 N–H and O–H groups in total. The summed E-state index contributed by atoms with van der Waals surface area (Å²) in [7, 11) is 0. The van der Waals surface area contributed by atoms with Gasteiger partial charge in [-0.25, -0.2) is 0 Å². The van der Waals surface area contributed by atoms with Gasteiger partial charge in [-0.3, -0.25) is 4.98 Å². The number of hydrogen-bond acceptors (Lipinski definition) is 2. The van der Waals surface area contributed by atoms with Crippen LogP contribution in [0.3, 0.4) is 0 Å². The maximum atomic E-state index is 5.79. The fraction of sp³-hybridized carbons (Fsp3) is 0.500. The molecule has 2 rings (SSSR count). The summed E-state index contributed by atoms with van der Waals surface area (Å²) in [4.78, 5) is 4.66. The predicted molar refractivity (Wildman–Crippen MR) is 87.1 cm³/mol. The van der Waals surface area contributed by atoms with Gasteiger partial charge in [0.25, 0.3) is 0 Å². The minimum Gasteiger partial charge on any atom is -0.330 e. The van der Waals surface area contributed by atoms with E-state index in [2.05, 4.69) is 63.9 Å². The van der Waals surface area contributed by atoms with E-state index in [1.807, 2.05) is 0 Å². The van der Waals surface area contributed by atoms with Crippen molar-refractivity contribution in [3.05, 3.63) is 41.1 Å². The molecule has 1 atom stereocenters. The van der Waals surface area contributed by atoms with Gasteiger partial charge < -0.3 is 5.73 Å². The molecular formula is C18H26N2. The molecule has 2 aromatic rings. The molecule has 2 nitrogen and oxygen atoms in total. The highest BCUT2D eigenvalue weighted by molar-refractivity contribution is 5.83. The molecule has 0 fully saturated rings. The van der Waals surface area contributed by atoms with Crippen molar-refractivity contribution in [2.24, 2.45) is 11.7 Å². The van der Waals surface area contributed by atoms with Gasteiger partial charge >= 0.3 is 0 Å². The van der Waals surface area contributed by atoms with Crippen molar-refractivity contribution in [2.75, 3.05) is 6.54 Å². The van der Waals surface area contributed by atoms with Crippen LogP contribution in [-0.2, 0) is 11.8 Å². The molecule has 2 heteroatoms. The normalized spacial score (nSPS) is 13.7. The van der Waals surface area contributed by atoms with Crippen molar-refractivity contribution in [3.63, 3.8) is 0 Å². The van der Waals surface area contributed by atoms with E-state index in [-0.39, 0.29) is 5.41 Å². The molecule has 0 aliphatic heterocycles. The Hall–Kier alpha value is -1.41. The van der Waals surface area contributed by atoms with E-state index in [0.29, 0.717) is 5.92 Å². The van der Waals surface area contributed by atoms with E-state index in [9.17, 15) is 0 Å². The molecule has 0 aliphatic carbocycles. The Labute approximate surface area is 122 Å². The molecule has 1 unspecified atom stereocenters. The van der Waals surface area contributed by atoms with Gasteiger partial charge in [-0.05, 0) is 60.5 Å². The standard InChI is InChI=1S/C18H26N2/c1-12(11-19)8-14-9-13(2)20-17-7-6-15(10-16(14)17)18(3,4)5/h6-7,9-10,12H,8,11,19H2,1-5H3. The van der Waals surface area contributed by atoms with Crippen molar-refractivity contribution >= 4 is 10.9 Å². The summed E-state index contributed by atoms with van der Waals surface area (Å²) >= 11 is 0. The average molecular weight is 270 g/mol. The van der Waals surface area contributed by atoms with Gasteiger partial charge in [-0.2, -0.15) is 0 Å². The number of fused-ring (bicyclic) bond motifs is 1. The first-order valence-electron chi connectivity index (χ1n) is 7.42. The molecular weight excluding hydrogens is 244 g/mol. The first-order chi connectivity index (χ1) is 9.31. The van der Waals surface area contributed by atoms with E-state index in [1.54, 1.807) is 0 Å². The molecule has 0 bridgehead atoms. The Balaban J connectivity index is 2.59. The summed E-state index contributed by atoms with van der Waals surface area (Å²) in [6.07, 6.45) is 1.02. The van der Waals surface area contributed by atoms with Crippen LogP contribution in [0, 0.1) is 12.8 Å². The maximum Gasteiger partial charge on any atom is 0.0708 e. The topological polar surface area (TPSA) is 38.9 Å². The second-order valence-corrected chi connectivity index (χ2v) is 6.95. The van der Waals surface area contributed by atoms with E-state index in [4.69, 9.17) is 5.73 Å². The lowest BCUT2D eigenvalue weighted by atomic mass is 9.85. The van der Waals surface area contributed by atoms with E-state index in [1.165, 1.54) is 16.5 Å². The predicted octanol–water partition coefficient (Wildman–Crippen LogP) is 3.98. The second-order valence-electron chi connectivity index (χ2n) is 6.95. The molecule has 0 radical (unpaired) electrons. The Morgan fingerprint density at radius 3 is 2.50 bits per heavy atom. The largest absolute Gasteiger partial charge is 0.330 e. The number of aryl methyl sites for hydroxylation is 1. The van der Waals surface area contributed by atoms with Gasteiger partial charge in [-0.1, -0.05) is 33.8 Å². The van der Waals surface area contributed by atoms with Crippen LogP contribution in [0.4, 0.5) is 0 Å². The highest BCUT2D eigenvalue weighted by Crippen LogP contribution is 2.28. The van der Waals surface area contributed by atoms with Crippen LogP contribution in [0.15, 0.2) is 24.3 Å². The number of aromatic nitrogens is 1. The van der Waals surface area contributed by atoms with Crippen molar-refractivity contribution in [2.45, 2.75) is 46.5 Å². The Morgan fingerprint density at radius 2 is 1.90 bits per heavy atom. The third-order valence-corrected chi connectivity index (χ3v) is 3.86. The molecule has 0 aliphatic rings. The van der Waals surface area contributed by atoms with Gasteiger partial charge in [0.2, 0.25) is 0 Å². The number of nitrogens with zero attached hydrogens (tertiary/aromatic N) is 1. The van der Waals surface area contributed by atoms with Crippen LogP contribution in [0.25, 0.3) is 10.9 Å². The number of hydrogen-bond donors (Lipinski definition) is 1. The molecule has 1 aromatic heterocycles. The first kappa shape index (κ1) is 15.0. The van der Waals surface area contributed by atoms with Gasteiger partial charge in [0, 0.05) is 11.1 Å². The van der Waals surface area contributed by atoms with Crippen LogP contribution >= 0.6 is 0 Å².